The molecule has 1 N–H and O–H groups in total. The van der Waals surface area contributed by atoms with Crippen LogP contribution in [-0.2, 0) is 0 Å². The lowest BCUT2D eigenvalue weighted by Gasteiger charge is -2.36. The van der Waals surface area contributed by atoms with Gasteiger partial charge < -0.3 is 15.1 Å². The number of nitrogens with zero attached hydrogens (tertiary/aromatic N) is 2. The second-order valence-electron chi connectivity index (χ2n) is 6.59. The van der Waals surface area contributed by atoms with Gasteiger partial charge in [0, 0.05) is 37.3 Å². The van der Waals surface area contributed by atoms with Crippen LogP contribution in [0.1, 0.15) is 31.1 Å². The van der Waals surface area contributed by atoms with Crippen LogP contribution < -0.4 is 5.32 Å². The SMILES string of the molecule is CC(C)(C)NC(=O)N1CCN(C(=O)c2ccc(F)c(Cl)c2)CC1. The van der Waals surface area contributed by atoms with Crippen molar-refractivity contribution in [2.24, 2.45) is 0 Å². The average Bonchev–Trinajstić information content (AvgIpc) is 2.48. The Labute approximate surface area is 140 Å². The highest BCUT2D eigenvalue weighted by molar-refractivity contribution is 6.31. The van der Waals surface area contributed by atoms with Crippen LogP contribution in [0.4, 0.5) is 9.18 Å². The highest BCUT2D eigenvalue weighted by Crippen LogP contribution is 2.18. The number of carbonyl (C=O) groups excluding carboxylic acids is 2. The van der Waals surface area contributed by atoms with Gasteiger partial charge in [-0.3, -0.25) is 4.79 Å². The lowest BCUT2D eigenvalue weighted by atomic mass is 10.1. The van der Waals surface area contributed by atoms with Gasteiger partial charge in [0.15, 0.2) is 0 Å². The smallest absolute Gasteiger partial charge is 0.317 e. The van der Waals surface area contributed by atoms with Crippen LogP contribution in [0.5, 0.6) is 0 Å². The van der Waals surface area contributed by atoms with Crippen LogP contribution >= 0.6 is 11.6 Å². The fourth-order valence-electron chi connectivity index (χ4n) is 2.32. The Morgan fingerprint density at radius 1 is 1.13 bits per heavy atom. The minimum atomic E-state index is -0.549. The van der Waals surface area contributed by atoms with E-state index < -0.39 is 5.82 Å². The number of rotatable bonds is 1. The maximum Gasteiger partial charge on any atom is 0.317 e. The van der Waals surface area contributed by atoms with Gasteiger partial charge in [0.1, 0.15) is 5.82 Å². The minimum Gasteiger partial charge on any atom is -0.335 e. The molecule has 0 atom stereocenters. The van der Waals surface area contributed by atoms with Crippen molar-refractivity contribution < 1.29 is 14.0 Å². The highest BCUT2D eigenvalue weighted by atomic mass is 35.5. The Hall–Kier alpha value is -1.82. The van der Waals surface area contributed by atoms with Crippen LogP contribution in [0.2, 0.25) is 5.02 Å². The summed E-state index contributed by atoms with van der Waals surface area (Å²) in [5.41, 5.74) is 0.0542. The predicted octanol–water partition coefficient (Wildman–Crippen LogP) is 2.75. The van der Waals surface area contributed by atoms with Gasteiger partial charge in [-0.25, -0.2) is 9.18 Å². The molecule has 0 saturated carbocycles. The molecule has 2 rings (SSSR count). The molecule has 3 amide bonds. The molecule has 0 unspecified atom stereocenters. The fraction of sp³-hybridized carbons (Fsp3) is 0.500. The van der Waals surface area contributed by atoms with Crippen LogP contribution in [0.15, 0.2) is 18.2 Å². The van der Waals surface area contributed by atoms with E-state index in [-0.39, 0.29) is 22.5 Å². The van der Waals surface area contributed by atoms with Crippen molar-refractivity contribution in [2.45, 2.75) is 26.3 Å². The zero-order valence-corrected chi connectivity index (χ0v) is 14.3. The molecule has 5 nitrogen and oxygen atoms in total. The van der Waals surface area contributed by atoms with E-state index in [4.69, 9.17) is 11.6 Å². The minimum absolute atomic E-state index is 0.0703. The molecule has 0 bridgehead atoms. The second kappa shape index (κ2) is 6.74. The predicted molar refractivity (Wildman–Crippen MR) is 87.2 cm³/mol. The Bertz CT molecular complexity index is 608. The van der Waals surface area contributed by atoms with Gasteiger partial charge in [0.25, 0.3) is 5.91 Å². The summed E-state index contributed by atoms with van der Waals surface area (Å²) >= 11 is 5.72. The van der Waals surface area contributed by atoms with Crippen molar-refractivity contribution >= 4 is 23.5 Å². The molecule has 0 radical (unpaired) electrons. The molecule has 1 aliphatic rings. The van der Waals surface area contributed by atoms with Crippen molar-refractivity contribution in [3.63, 3.8) is 0 Å². The molecule has 1 aromatic rings. The maximum absolute atomic E-state index is 13.2. The summed E-state index contributed by atoms with van der Waals surface area (Å²) in [7, 11) is 0. The quantitative estimate of drug-likeness (QED) is 0.854. The number of nitrogens with one attached hydrogen (secondary N) is 1. The number of benzene rings is 1. The number of carbonyl (C=O) groups is 2. The summed E-state index contributed by atoms with van der Waals surface area (Å²) in [6, 6.07) is 3.80. The van der Waals surface area contributed by atoms with E-state index in [9.17, 15) is 14.0 Å². The molecular formula is C16H21ClFN3O2. The second-order valence-corrected chi connectivity index (χ2v) is 7.00. The molecule has 23 heavy (non-hydrogen) atoms. The van der Waals surface area contributed by atoms with Crippen molar-refractivity contribution in [3.8, 4) is 0 Å². The number of urea groups is 1. The monoisotopic (exact) mass is 341 g/mol. The molecule has 0 spiro atoms. The van der Waals surface area contributed by atoms with E-state index in [2.05, 4.69) is 5.32 Å². The summed E-state index contributed by atoms with van der Waals surface area (Å²) in [5.74, 6) is -0.755. The highest BCUT2D eigenvalue weighted by Gasteiger charge is 2.26. The Morgan fingerprint density at radius 2 is 1.70 bits per heavy atom. The average molecular weight is 342 g/mol. The molecule has 126 valence electrons. The lowest BCUT2D eigenvalue weighted by Crippen LogP contribution is -2.56. The third-order valence-corrected chi connectivity index (χ3v) is 3.79. The van der Waals surface area contributed by atoms with E-state index >= 15 is 0 Å². The topological polar surface area (TPSA) is 52.7 Å². The number of hydrogen-bond donors (Lipinski definition) is 1. The first-order chi connectivity index (χ1) is 10.7. The molecule has 1 heterocycles. The molecule has 1 fully saturated rings. The standard InChI is InChI=1S/C16H21ClFN3O2/c1-16(2,3)19-15(23)21-8-6-20(7-9-21)14(22)11-4-5-13(18)12(17)10-11/h4-5,10H,6-9H2,1-3H3,(H,19,23). The third-order valence-electron chi connectivity index (χ3n) is 3.50. The van der Waals surface area contributed by atoms with E-state index in [1.54, 1.807) is 9.80 Å². The molecule has 7 heteroatoms. The first-order valence-corrected chi connectivity index (χ1v) is 7.86. The van der Waals surface area contributed by atoms with Crippen molar-refractivity contribution in [2.75, 3.05) is 26.2 Å². The Balaban J connectivity index is 1.94. The van der Waals surface area contributed by atoms with Crippen LogP contribution in [0, 0.1) is 5.82 Å². The summed E-state index contributed by atoms with van der Waals surface area (Å²) in [6.45, 7) is 7.55. The molecule has 1 aliphatic heterocycles. The van der Waals surface area contributed by atoms with Gasteiger partial charge in [-0.2, -0.15) is 0 Å². The van der Waals surface area contributed by atoms with Gasteiger partial charge in [-0.1, -0.05) is 11.6 Å². The first-order valence-electron chi connectivity index (χ1n) is 7.49. The summed E-state index contributed by atoms with van der Waals surface area (Å²) in [4.78, 5) is 27.8. The maximum atomic E-state index is 13.2. The summed E-state index contributed by atoms with van der Waals surface area (Å²) in [6.07, 6.45) is 0. The molecule has 0 aliphatic carbocycles. The van der Waals surface area contributed by atoms with Gasteiger partial charge in [0.05, 0.1) is 5.02 Å². The number of amides is 3. The van der Waals surface area contributed by atoms with Crippen molar-refractivity contribution in [1.82, 2.24) is 15.1 Å². The van der Waals surface area contributed by atoms with E-state index in [0.717, 1.165) is 0 Å². The molecule has 0 aromatic heterocycles. The van der Waals surface area contributed by atoms with E-state index in [1.807, 2.05) is 20.8 Å². The summed E-state index contributed by atoms with van der Waals surface area (Å²) < 4.78 is 13.2. The van der Waals surface area contributed by atoms with Crippen LogP contribution in [0.25, 0.3) is 0 Å². The van der Waals surface area contributed by atoms with Crippen molar-refractivity contribution in [1.29, 1.82) is 0 Å². The van der Waals surface area contributed by atoms with Gasteiger partial charge in [0.2, 0.25) is 0 Å². The van der Waals surface area contributed by atoms with Gasteiger partial charge in [-0.05, 0) is 39.0 Å². The van der Waals surface area contributed by atoms with Crippen molar-refractivity contribution in [3.05, 3.63) is 34.6 Å². The molecular weight excluding hydrogens is 321 g/mol. The van der Waals surface area contributed by atoms with Gasteiger partial charge >= 0.3 is 6.03 Å². The van der Waals surface area contributed by atoms with Gasteiger partial charge in [-0.15, -0.1) is 0 Å². The number of hydrogen-bond acceptors (Lipinski definition) is 2. The Kier molecular flexibility index (Phi) is 5.14. The zero-order chi connectivity index (χ0) is 17.2. The third kappa shape index (κ3) is 4.58. The number of halogens is 2. The molecule has 1 aromatic carbocycles. The zero-order valence-electron chi connectivity index (χ0n) is 13.5. The van der Waals surface area contributed by atoms with Crippen LogP contribution in [0.3, 0.4) is 0 Å². The first kappa shape index (κ1) is 17.5. The normalized spacial score (nSPS) is 15.5. The summed E-state index contributed by atoms with van der Waals surface area (Å²) in [5, 5.41) is 2.83. The lowest BCUT2D eigenvalue weighted by molar-refractivity contribution is 0.0661. The Morgan fingerprint density at radius 3 is 2.22 bits per heavy atom. The molecule has 1 saturated heterocycles. The van der Waals surface area contributed by atoms with E-state index in [0.29, 0.717) is 31.7 Å². The van der Waals surface area contributed by atoms with E-state index in [1.165, 1.54) is 18.2 Å². The number of piperazine rings is 1. The fourth-order valence-corrected chi connectivity index (χ4v) is 2.50. The largest absolute Gasteiger partial charge is 0.335 e. The van der Waals surface area contributed by atoms with Crippen LogP contribution in [-0.4, -0.2) is 53.5 Å².